The predicted molar refractivity (Wildman–Crippen MR) is 115 cm³/mol. The Hall–Kier alpha value is -3.46. The number of aryl methyl sites for hydroxylation is 1. The third-order valence-electron chi connectivity index (χ3n) is 5.26. The number of carbonyl (C=O) groups excluding carboxylic acids is 2. The van der Waals surface area contributed by atoms with E-state index in [0.29, 0.717) is 30.2 Å². The van der Waals surface area contributed by atoms with Gasteiger partial charge >= 0.3 is 0 Å². The lowest BCUT2D eigenvalue weighted by atomic mass is 10.0. The third kappa shape index (κ3) is 4.09. The maximum absolute atomic E-state index is 12.6. The van der Waals surface area contributed by atoms with E-state index >= 15 is 0 Å². The van der Waals surface area contributed by atoms with Crippen LogP contribution in [0.3, 0.4) is 0 Å². The number of rotatable bonds is 5. The average Bonchev–Trinajstić information content (AvgIpc) is 3.07. The van der Waals surface area contributed by atoms with Crippen LogP contribution in [0.5, 0.6) is 5.75 Å². The molecule has 1 aromatic carbocycles. The van der Waals surface area contributed by atoms with E-state index in [4.69, 9.17) is 4.74 Å². The highest BCUT2D eigenvalue weighted by Gasteiger charge is 2.38. The molecule has 2 amide bonds. The molecular formula is C22H25N5O4. The summed E-state index contributed by atoms with van der Waals surface area (Å²) in [6, 6.07) is 8.87. The summed E-state index contributed by atoms with van der Waals surface area (Å²) >= 11 is 0. The maximum atomic E-state index is 12.6. The largest absolute Gasteiger partial charge is 0.494 e. The molecule has 0 bridgehead atoms. The fraction of sp³-hybridized carbons (Fsp3) is 0.364. The first kappa shape index (κ1) is 20.8. The van der Waals surface area contributed by atoms with Gasteiger partial charge in [-0.25, -0.2) is 4.98 Å². The Labute approximate surface area is 179 Å². The van der Waals surface area contributed by atoms with Gasteiger partial charge in [0.05, 0.1) is 24.4 Å². The molecule has 3 aromatic rings. The second-order valence-electron chi connectivity index (χ2n) is 8.26. The number of amides is 2. The number of aliphatic hydroxyl groups is 1. The van der Waals surface area contributed by atoms with E-state index in [0.717, 1.165) is 16.6 Å². The number of nitrogens with zero attached hydrogens (tertiary/aromatic N) is 4. The van der Waals surface area contributed by atoms with Gasteiger partial charge in [-0.15, -0.1) is 0 Å². The van der Waals surface area contributed by atoms with Gasteiger partial charge < -0.3 is 20.1 Å². The van der Waals surface area contributed by atoms with Gasteiger partial charge in [-0.2, -0.15) is 5.10 Å². The molecule has 0 radical (unpaired) electrons. The lowest BCUT2D eigenvalue weighted by Crippen LogP contribution is -2.56. The number of aromatic nitrogens is 3. The van der Waals surface area contributed by atoms with Crippen molar-refractivity contribution in [3.8, 4) is 5.75 Å². The molecule has 0 saturated carbocycles. The van der Waals surface area contributed by atoms with E-state index in [1.807, 2.05) is 29.9 Å². The Morgan fingerprint density at radius 3 is 2.65 bits per heavy atom. The molecule has 2 aromatic heterocycles. The SMILES string of the molecule is COc1cc2nn(C3CN(C(=O)C(C)(C)O)C3)cc2cc1NC(=O)c1cccc(C)n1. The van der Waals surface area contributed by atoms with Gasteiger partial charge in [0, 0.05) is 36.4 Å². The van der Waals surface area contributed by atoms with Crippen LogP contribution in [-0.4, -0.2) is 62.4 Å². The third-order valence-corrected chi connectivity index (χ3v) is 5.26. The molecule has 1 fully saturated rings. The lowest BCUT2D eigenvalue weighted by Gasteiger charge is -2.41. The molecule has 4 rings (SSSR count). The Morgan fingerprint density at radius 1 is 1.26 bits per heavy atom. The van der Waals surface area contributed by atoms with Crippen molar-refractivity contribution in [2.75, 3.05) is 25.5 Å². The van der Waals surface area contributed by atoms with Crippen LogP contribution in [0.15, 0.2) is 36.5 Å². The topological polar surface area (TPSA) is 110 Å². The zero-order valence-corrected chi connectivity index (χ0v) is 17.9. The lowest BCUT2D eigenvalue weighted by molar-refractivity contribution is -0.154. The quantitative estimate of drug-likeness (QED) is 0.651. The second kappa shape index (κ2) is 7.66. The summed E-state index contributed by atoms with van der Waals surface area (Å²) in [5, 5.41) is 18.2. The van der Waals surface area contributed by atoms with Crippen molar-refractivity contribution >= 4 is 28.4 Å². The normalized spacial score (nSPS) is 14.4. The summed E-state index contributed by atoms with van der Waals surface area (Å²) in [5.41, 5.74) is 0.941. The summed E-state index contributed by atoms with van der Waals surface area (Å²) in [6.07, 6.45) is 1.88. The summed E-state index contributed by atoms with van der Waals surface area (Å²) < 4.78 is 7.26. The predicted octanol–water partition coefficient (Wildman–Crippen LogP) is 2.15. The zero-order valence-electron chi connectivity index (χ0n) is 17.9. The van der Waals surface area contributed by atoms with Crippen molar-refractivity contribution in [3.63, 3.8) is 0 Å². The van der Waals surface area contributed by atoms with Crippen molar-refractivity contribution < 1.29 is 19.4 Å². The second-order valence-corrected chi connectivity index (χ2v) is 8.26. The number of hydrogen-bond donors (Lipinski definition) is 2. The molecule has 0 aliphatic carbocycles. The molecule has 3 heterocycles. The first-order valence-electron chi connectivity index (χ1n) is 9.99. The average molecular weight is 423 g/mol. The van der Waals surface area contributed by atoms with Gasteiger partial charge in [0.1, 0.15) is 17.0 Å². The molecule has 9 heteroatoms. The minimum atomic E-state index is -1.38. The molecule has 2 N–H and O–H groups in total. The summed E-state index contributed by atoms with van der Waals surface area (Å²) in [5.74, 6) is -0.128. The van der Waals surface area contributed by atoms with Crippen molar-refractivity contribution in [1.29, 1.82) is 0 Å². The van der Waals surface area contributed by atoms with Crippen LogP contribution in [0, 0.1) is 6.92 Å². The van der Waals surface area contributed by atoms with Crippen LogP contribution in [0.2, 0.25) is 0 Å². The highest BCUT2D eigenvalue weighted by molar-refractivity contribution is 6.05. The van der Waals surface area contributed by atoms with Crippen LogP contribution in [0.1, 0.15) is 36.1 Å². The van der Waals surface area contributed by atoms with Crippen LogP contribution < -0.4 is 10.1 Å². The minimum Gasteiger partial charge on any atom is -0.494 e. The fourth-order valence-electron chi connectivity index (χ4n) is 3.56. The Balaban J connectivity index is 1.54. The standard InChI is InChI=1S/C22H25N5O4/c1-13-6-5-7-16(23-13)20(28)24-18-8-14-10-27(25-17(14)9-19(18)31-4)15-11-26(12-15)21(29)22(2,3)30/h5-10,15,30H,11-12H2,1-4H3,(H,24,28). The summed E-state index contributed by atoms with van der Waals surface area (Å²) in [4.78, 5) is 30.6. The number of fused-ring (bicyclic) bond motifs is 1. The number of methoxy groups -OCH3 is 1. The molecule has 162 valence electrons. The van der Waals surface area contributed by atoms with Gasteiger partial charge in [-0.3, -0.25) is 14.3 Å². The monoisotopic (exact) mass is 423 g/mol. The zero-order chi connectivity index (χ0) is 22.3. The number of hydrogen-bond acceptors (Lipinski definition) is 6. The molecular weight excluding hydrogens is 398 g/mol. The first-order chi connectivity index (χ1) is 14.7. The maximum Gasteiger partial charge on any atom is 0.274 e. The fourth-order valence-corrected chi connectivity index (χ4v) is 3.56. The van der Waals surface area contributed by atoms with Gasteiger partial charge in [-0.1, -0.05) is 6.07 Å². The molecule has 0 atom stereocenters. The van der Waals surface area contributed by atoms with Gasteiger partial charge in [0.15, 0.2) is 0 Å². The number of ether oxygens (including phenoxy) is 1. The van der Waals surface area contributed by atoms with Gasteiger partial charge in [0.2, 0.25) is 0 Å². The van der Waals surface area contributed by atoms with Crippen LogP contribution in [0.4, 0.5) is 5.69 Å². The highest BCUT2D eigenvalue weighted by atomic mass is 16.5. The Morgan fingerprint density at radius 2 is 2.00 bits per heavy atom. The minimum absolute atomic E-state index is 0.0271. The molecule has 0 spiro atoms. The number of pyridine rings is 1. The smallest absolute Gasteiger partial charge is 0.274 e. The van der Waals surface area contributed by atoms with Crippen LogP contribution >= 0.6 is 0 Å². The van der Waals surface area contributed by atoms with E-state index in [2.05, 4.69) is 15.4 Å². The highest BCUT2D eigenvalue weighted by Crippen LogP contribution is 2.32. The number of anilines is 1. The van der Waals surface area contributed by atoms with Gasteiger partial charge in [-0.05, 0) is 39.0 Å². The summed E-state index contributed by atoms with van der Waals surface area (Å²) in [7, 11) is 1.53. The van der Waals surface area contributed by atoms with Crippen molar-refractivity contribution in [1.82, 2.24) is 19.7 Å². The Bertz CT molecular complexity index is 1160. The van der Waals surface area contributed by atoms with Gasteiger partial charge in [0.25, 0.3) is 11.8 Å². The van der Waals surface area contributed by atoms with Crippen LogP contribution in [-0.2, 0) is 4.79 Å². The molecule has 0 unspecified atom stereocenters. The van der Waals surface area contributed by atoms with Crippen molar-refractivity contribution in [2.24, 2.45) is 0 Å². The number of likely N-dealkylation sites (tertiary alicyclic amines) is 1. The van der Waals surface area contributed by atoms with E-state index < -0.39 is 5.60 Å². The summed E-state index contributed by atoms with van der Waals surface area (Å²) in [6.45, 7) is 5.76. The number of carbonyl (C=O) groups is 2. The Kier molecular flexibility index (Phi) is 5.14. The van der Waals surface area contributed by atoms with Crippen LogP contribution in [0.25, 0.3) is 10.9 Å². The van der Waals surface area contributed by atoms with E-state index in [1.165, 1.54) is 21.0 Å². The van der Waals surface area contributed by atoms with Crippen molar-refractivity contribution in [3.05, 3.63) is 47.9 Å². The molecule has 1 aliphatic heterocycles. The number of nitrogens with one attached hydrogen (secondary N) is 1. The first-order valence-corrected chi connectivity index (χ1v) is 9.99. The molecule has 9 nitrogen and oxygen atoms in total. The van der Waals surface area contributed by atoms with E-state index in [9.17, 15) is 14.7 Å². The number of benzene rings is 1. The van der Waals surface area contributed by atoms with E-state index in [1.54, 1.807) is 23.1 Å². The molecule has 1 saturated heterocycles. The molecule has 1 aliphatic rings. The van der Waals surface area contributed by atoms with E-state index in [-0.39, 0.29) is 17.9 Å². The molecule has 31 heavy (non-hydrogen) atoms. The van der Waals surface area contributed by atoms with Crippen molar-refractivity contribution in [2.45, 2.75) is 32.4 Å².